The van der Waals surface area contributed by atoms with Crippen molar-refractivity contribution in [2.75, 3.05) is 0 Å². The van der Waals surface area contributed by atoms with Gasteiger partial charge in [-0.3, -0.25) is 9.59 Å². The molecule has 2 amide bonds. The predicted molar refractivity (Wildman–Crippen MR) is 129 cm³/mol. The van der Waals surface area contributed by atoms with Gasteiger partial charge in [0.1, 0.15) is 12.1 Å². The van der Waals surface area contributed by atoms with E-state index in [2.05, 4.69) is 30.9 Å². The number of hydrogen-bond acceptors (Lipinski definition) is 8. The lowest BCUT2D eigenvalue weighted by Gasteiger charge is -2.30. The largest absolute Gasteiger partial charge is 0.344 e. The quantitative estimate of drug-likeness (QED) is 0.494. The topological polar surface area (TPSA) is 136 Å². The van der Waals surface area contributed by atoms with Crippen molar-refractivity contribution in [3.05, 3.63) is 23.4 Å². The maximum absolute atomic E-state index is 13.1. The summed E-state index contributed by atoms with van der Waals surface area (Å²) in [5, 5.41) is 14.5. The van der Waals surface area contributed by atoms with Gasteiger partial charge in [-0.1, -0.05) is 38.0 Å². The monoisotopic (exact) mass is 498 g/mol. The van der Waals surface area contributed by atoms with Crippen LogP contribution in [-0.4, -0.2) is 32.1 Å². The van der Waals surface area contributed by atoms with E-state index in [9.17, 15) is 9.59 Å². The molecule has 2 aromatic heterocycles. The van der Waals surface area contributed by atoms with Crippen molar-refractivity contribution in [3.63, 3.8) is 0 Å². The Hall–Kier alpha value is -2.78. The number of hydrogen-bond donors (Lipinski definition) is 2. The minimum Gasteiger partial charge on any atom is -0.344 e. The second-order valence-electron chi connectivity index (χ2n) is 11.5. The van der Waals surface area contributed by atoms with Crippen LogP contribution in [0.1, 0.15) is 126 Å². The highest BCUT2D eigenvalue weighted by Gasteiger charge is 2.36. The molecule has 2 heterocycles. The van der Waals surface area contributed by atoms with Gasteiger partial charge in [0.2, 0.25) is 23.6 Å². The molecule has 2 unspecified atom stereocenters. The summed E-state index contributed by atoms with van der Waals surface area (Å²) in [7, 11) is 0. The summed E-state index contributed by atoms with van der Waals surface area (Å²) in [6.45, 7) is 8.15. The number of aromatic nitrogens is 4. The number of amides is 2. The molecule has 0 radical (unpaired) electrons. The van der Waals surface area contributed by atoms with E-state index in [1.807, 2.05) is 27.7 Å². The second kappa shape index (κ2) is 10.3. The van der Waals surface area contributed by atoms with Crippen molar-refractivity contribution < 1.29 is 18.6 Å². The zero-order chi connectivity index (χ0) is 25.4. The van der Waals surface area contributed by atoms with Crippen LogP contribution < -0.4 is 10.6 Å². The fourth-order valence-corrected chi connectivity index (χ4v) is 4.95. The van der Waals surface area contributed by atoms with Gasteiger partial charge in [0, 0.05) is 23.7 Å². The van der Waals surface area contributed by atoms with Crippen molar-refractivity contribution >= 4 is 11.8 Å². The molecule has 36 heavy (non-hydrogen) atoms. The Balaban J connectivity index is 1.13. The number of rotatable bonds is 10. The zero-order valence-corrected chi connectivity index (χ0v) is 21.7. The lowest BCUT2D eigenvalue weighted by atomic mass is 9.80. The molecule has 0 spiro atoms. The Morgan fingerprint density at radius 3 is 1.33 bits per heavy atom. The predicted octanol–water partition coefficient (Wildman–Crippen LogP) is 4.34. The molecule has 3 saturated carbocycles. The lowest BCUT2D eigenvalue weighted by Crippen LogP contribution is -2.41. The molecule has 0 saturated heterocycles. The summed E-state index contributed by atoms with van der Waals surface area (Å²) in [6, 6.07) is -0.611. The van der Waals surface area contributed by atoms with Crippen molar-refractivity contribution in [2.45, 2.75) is 103 Å². The Kier molecular flexibility index (Phi) is 7.12. The minimum atomic E-state index is -0.305. The molecule has 10 nitrogen and oxygen atoms in total. The average molecular weight is 499 g/mol. The Labute approximate surface area is 211 Å². The number of carbonyl (C=O) groups is 2. The van der Waals surface area contributed by atoms with Gasteiger partial charge < -0.3 is 19.7 Å². The van der Waals surface area contributed by atoms with Crippen LogP contribution in [0.5, 0.6) is 0 Å². The molecule has 10 heteroatoms. The molecule has 3 fully saturated rings. The molecule has 0 aliphatic heterocycles. The SMILES string of the molecule is CC(C)C(NC(=O)C1CCC(C(=O)NC(c2nc(C3CC3)no2)C(C)C)CC1)c1nc(C2CC2)no1. The first kappa shape index (κ1) is 24.9. The highest BCUT2D eigenvalue weighted by molar-refractivity contribution is 5.81. The molecule has 196 valence electrons. The van der Waals surface area contributed by atoms with Crippen LogP contribution in [0.15, 0.2) is 9.05 Å². The number of nitrogens with zero attached hydrogens (tertiary/aromatic N) is 4. The van der Waals surface area contributed by atoms with Crippen LogP contribution in [-0.2, 0) is 9.59 Å². The third kappa shape index (κ3) is 5.62. The van der Waals surface area contributed by atoms with E-state index in [0.29, 0.717) is 49.3 Å². The highest BCUT2D eigenvalue weighted by Crippen LogP contribution is 2.40. The van der Waals surface area contributed by atoms with E-state index in [1.54, 1.807) is 0 Å². The first-order valence-electron chi connectivity index (χ1n) is 13.6. The molecular weight excluding hydrogens is 460 g/mol. The van der Waals surface area contributed by atoms with Gasteiger partial charge in [-0.05, 0) is 63.2 Å². The fraction of sp³-hybridized carbons (Fsp3) is 0.769. The molecule has 5 rings (SSSR count). The summed E-state index contributed by atoms with van der Waals surface area (Å²) in [5.41, 5.74) is 0. The van der Waals surface area contributed by atoms with Gasteiger partial charge in [0.05, 0.1) is 0 Å². The Morgan fingerprint density at radius 1 is 0.667 bits per heavy atom. The molecule has 0 bridgehead atoms. The van der Waals surface area contributed by atoms with E-state index < -0.39 is 0 Å². The van der Waals surface area contributed by atoms with Crippen LogP contribution in [0, 0.1) is 23.7 Å². The van der Waals surface area contributed by atoms with E-state index >= 15 is 0 Å². The van der Waals surface area contributed by atoms with Gasteiger partial charge in [0.15, 0.2) is 11.6 Å². The fourth-order valence-electron chi connectivity index (χ4n) is 4.95. The molecule has 0 aromatic carbocycles. The van der Waals surface area contributed by atoms with E-state index in [0.717, 1.165) is 37.3 Å². The lowest BCUT2D eigenvalue weighted by molar-refractivity contribution is -0.131. The Morgan fingerprint density at radius 2 is 1.03 bits per heavy atom. The summed E-state index contributed by atoms with van der Waals surface area (Å²) in [5.74, 6) is 3.28. The van der Waals surface area contributed by atoms with E-state index in [1.165, 1.54) is 0 Å². The molecule has 3 aliphatic rings. The second-order valence-corrected chi connectivity index (χ2v) is 11.5. The average Bonchev–Trinajstić information content (AvgIpc) is 3.80. The maximum Gasteiger partial charge on any atom is 0.249 e. The van der Waals surface area contributed by atoms with Crippen molar-refractivity contribution in [1.82, 2.24) is 30.9 Å². The van der Waals surface area contributed by atoms with Gasteiger partial charge in [-0.25, -0.2) is 0 Å². The van der Waals surface area contributed by atoms with Gasteiger partial charge in [0.25, 0.3) is 0 Å². The molecule has 3 aliphatic carbocycles. The number of nitrogens with one attached hydrogen (secondary N) is 2. The normalized spacial score (nSPS) is 24.1. The molecular formula is C26H38N6O4. The maximum atomic E-state index is 13.1. The van der Waals surface area contributed by atoms with Crippen LogP contribution in [0.25, 0.3) is 0 Å². The van der Waals surface area contributed by atoms with Gasteiger partial charge in [-0.2, -0.15) is 9.97 Å². The highest BCUT2D eigenvalue weighted by atomic mass is 16.5. The summed E-state index contributed by atoms with van der Waals surface area (Å²) in [4.78, 5) is 35.3. The first-order chi connectivity index (χ1) is 17.3. The van der Waals surface area contributed by atoms with Crippen molar-refractivity contribution in [2.24, 2.45) is 23.7 Å². The van der Waals surface area contributed by atoms with Crippen molar-refractivity contribution in [3.8, 4) is 0 Å². The first-order valence-corrected chi connectivity index (χ1v) is 13.6. The summed E-state index contributed by atoms with van der Waals surface area (Å²) in [6.07, 6.45) is 7.09. The van der Waals surface area contributed by atoms with Gasteiger partial charge >= 0.3 is 0 Å². The van der Waals surface area contributed by atoms with Crippen LogP contribution in [0.3, 0.4) is 0 Å². The number of carbonyl (C=O) groups excluding carboxylic acids is 2. The third-order valence-electron chi connectivity index (χ3n) is 7.73. The zero-order valence-electron chi connectivity index (χ0n) is 21.7. The van der Waals surface area contributed by atoms with Crippen LogP contribution >= 0.6 is 0 Å². The summed E-state index contributed by atoms with van der Waals surface area (Å²) >= 11 is 0. The standard InChI is InChI=1S/C26H38N6O4/c1-13(2)19(25-29-21(31-35-25)15-5-6-15)27-23(33)17-9-11-18(12-10-17)24(34)28-20(14(3)4)26-30-22(32-36-26)16-7-8-16/h13-20H,5-12H2,1-4H3,(H,27,33)(H,28,34). The van der Waals surface area contributed by atoms with Crippen LogP contribution in [0.2, 0.25) is 0 Å². The molecule has 2 N–H and O–H groups in total. The van der Waals surface area contributed by atoms with Crippen molar-refractivity contribution in [1.29, 1.82) is 0 Å². The van der Waals surface area contributed by atoms with Crippen LogP contribution in [0.4, 0.5) is 0 Å². The third-order valence-corrected chi connectivity index (χ3v) is 7.73. The van der Waals surface area contributed by atoms with E-state index in [4.69, 9.17) is 9.05 Å². The minimum absolute atomic E-state index is 0.00254. The molecule has 2 atom stereocenters. The molecule has 2 aromatic rings. The smallest absolute Gasteiger partial charge is 0.249 e. The van der Waals surface area contributed by atoms with E-state index in [-0.39, 0.29) is 47.6 Å². The van der Waals surface area contributed by atoms with Gasteiger partial charge in [-0.15, -0.1) is 0 Å². The summed E-state index contributed by atoms with van der Waals surface area (Å²) < 4.78 is 11.0. The Bertz CT molecular complexity index is 978.